The number of morpholine rings is 1. The van der Waals surface area contributed by atoms with Gasteiger partial charge in [-0.15, -0.1) is 0 Å². The number of benzene rings is 1. The summed E-state index contributed by atoms with van der Waals surface area (Å²) in [7, 11) is 0. The lowest BCUT2D eigenvalue weighted by molar-refractivity contribution is -0.130. The Hall–Kier alpha value is -2.12. The maximum absolute atomic E-state index is 12.9. The molecule has 3 rings (SSSR count). The molecule has 2 heterocycles. The van der Waals surface area contributed by atoms with Crippen molar-refractivity contribution < 1.29 is 19.1 Å². The second-order valence-corrected chi connectivity index (χ2v) is 7.84. The zero-order chi connectivity index (χ0) is 20.1. The van der Waals surface area contributed by atoms with Crippen molar-refractivity contribution in [1.82, 2.24) is 10.2 Å². The standard InChI is InChI=1S/C21H31N3O4/c1-15(2)20-21(26)24(17-13-16(3)5-6-18(17)28-20)14-19(25)22-7-4-8-23-9-11-27-12-10-23/h5-6,13,15,20H,4,7-12,14H2,1-3H3,(H,22,25)/t20-/m0/s1. The summed E-state index contributed by atoms with van der Waals surface area (Å²) < 4.78 is 11.2. The molecule has 1 N–H and O–H groups in total. The van der Waals surface area contributed by atoms with Gasteiger partial charge in [0.25, 0.3) is 5.91 Å². The molecule has 2 amide bonds. The predicted molar refractivity (Wildman–Crippen MR) is 108 cm³/mol. The van der Waals surface area contributed by atoms with Crippen LogP contribution < -0.4 is 15.0 Å². The molecular formula is C21H31N3O4. The van der Waals surface area contributed by atoms with Crippen molar-refractivity contribution in [3.05, 3.63) is 23.8 Å². The molecule has 2 aliphatic rings. The van der Waals surface area contributed by atoms with Crippen LogP contribution in [0.15, 0.2) is 18.2 Å². The minimum Gasteiger partial charge on any atom is -0.478 e. The lowest BCUT2D eigenvalue weighted by atomic mass is 10.0. The molecule has 1 fully saturated rings. The molecule has 1 aromatic carbocycles. The van der Waals surface area contributed by atoms with E-state index in [-0.39, 0.29) is 24.3 Å². The van der Waals surface area contributed by atoms with E-state index in [4.69, 9.17) is 9.47 Å². The second kappa shape index (κ2) is 9.39. The summed E-state index contributed by atoms with van der Waals surface area (Å²) in [5.74, 6) is 0.383. The molecule has 1 atom stereocenters. The molecule has 1 aromatic rings. The van der Waals surface area contributed by atoms with Crippen LogP contribution in [0.5, 0.6) is 5.75 Å². The Bertz CT molecular complexity index is 701. The van der Waals surface area contributed by atoms with E-state index in [1.807, 2.05) is 39.0 Å². The zero-order valence-electron chi connectivity index (χ0n) is 17.1. The van der Waals surface area contributed by atoms with E-state index in [1.54, 1.807) is 4.90 Å². The molecule has 7 heteroatoms. The second-order valence-electron chi connectivity index (χ2n) is 7.84. The van der Waals surface area contributed by atoms with Crippen LogP contribution in [0.3, 0.4) is 0 Å². The first kappa shape index (κ1) is 20.6. The van der Waals surface area contributed by atoms with Gasteiger partial charge in [0.1, 0.15) is 12.3 Å². The number of aryl methyl sites for hydroxylation is 1. The van der Waals surface area contributed by atoms with E-state index in [0.717, 1.165) is 44.8 Å². The van der Waals surface area contributed by atoms with E-state index < -0.39 is 6.10 Å². The van der Waals surface area contributed by atoms with Gasteiger partial charge in [0, 0.05) is 19.6 Å². The Labute approximate surface area is 167 Å². The SMILES string of the molecule is Cc1ccc2c(c1)N(CC(=O)NCCCN1CCOCC1)C(=O)[C@H](C(C)C)O2. The number of nitrogens with one attached hydrogen (secondary N) is 1. The third-order valence-electron chi connectivity index (χ3n) is 5.15. The number of ether oxygens (including phenoxy) is 2. The van der Waals surface area contributed by atoms with Crippen molar-refractivity contribution >= 4 is 17.5 Å². The highest BCUT2D eigenvalue weighted by molar-refractivity contribution is 6.04. The quantitative estimate of drug-likeness (QED) is 0.717. The summed E-state index contributed by atoms with van der Waals surface area (Å²) in [6.45, 7) is 10.9. The number of amides is 2. The average molecular weight is 389 g/mol. The molecule has 0 spiro atoms. The Balaban J connectivity index is 1.57. The van der Waals surface area contributed by atoms with Crippen LogP contribution in [0.4, 0.5) is 5.69 Å². The number of carbonyl (C=O) groups is 2. The summed E-state index contributed by atoms with van der Waals surface area (Å²) in [4.78, 5) is 29.3. The normalized spacial score (nSPS) is 20.1. The fourth-order valence-electron chi connectivity index (χ4n) is 3.54. The van der Waals surface area contributed by atoms with Crippen LogP contribution in [0.1, 0.15) is 25.8 Å². The van der Waals surface area contributed by atoms with E-state index >= 15 is 0 Å². The van der Waals surface area contributed by atoms with Crippen LogP contribution >= 0.6 is 0 Å². The molecule has 0 aromatic heterocycles. The van der Waals surface area contributed by atoms with Crippen molar-refractivity contribution in [2.24, 2.45) is 5.92 Å². The van der Waals surface area contributed by atoms with Gasteiger partial charge >= 0.3 is 0 Å². The fourth-order valence-corrected chi connectivity index (χ4v) is 3.54. The van der Waals surface area contributed by atoms with E-state index in [1.165, 1.54) is 0 Å². The molecule has 0 aliphatic carbocycles. The van der Waals surface area contributed by atoms with Gasteiger partial charge in [-0.05, 0) is 43.5 Å². The first-order valence-corrected chi connectivity index (χ1v) is 10.1. The van der Waals surface area contributed by atoms with Crippen molar-refractivity contribution in [3.8, 4) is 5.75 Å². The number of carbonyl (C=O) groups excluding carboxylic acids is 2. The third kappa shape index (κ3) is 5.02. The maximum Gasteiger partial charge on any atom is 0.268 e. The van der Waals surface area contributed by atoms with E-state index in [9.17, 15) is 9.59 Å². The van der Waals surface area contributed by atoms with Gasteiger partial charge in [-0.1, -0.05) is 19.9 Å². The molecule has 0 bridgehead atoms. The average Bonchev–Trinajstić information content (AvgIpc) is 2.68. The first-order chi connectivity index (χ1) is 13.5. The predicted octanol–water partition coefficient (Wildman–Crippen LogP) is 1.58. The molecule has 0 radical (unpaired) electrons. The molecule has 7 nitrogen and oxygen atoms in total. The number of nitrogens with zero attached hydrogens (tertiary/aromatic N) is 2. The summed E-state index contributed by atoms with van der Waals surface area (Å²) in [5.41, 5.74) is 1.69. The fraction of sp³-hybridized carbons (Fsp3) is 0.619. The van der Waals surface area contributed by atoms with Gasteiger partial charge in [0.15, 0.2) is 6.10 Å². The lowest BCUT2D eigenvalue weighted by Gasteiger charge is -2.35. The van der Waals surface area contributed by atoms with Gasteiger partial charge in [-0.2, -0.15) is 0 Å². The van der Waals surface area contributed by atoms with Gasteiger partial charge in [0.05, 0.1) is 18.9 Å². The van der Waals surface area contributed by atoms with Gasteiger partial charge in [-0.3, -0.25) is 19.4 Å². The van der Waals surface area contributed by atoms with Gasteiger partial charge in [-0.25, -0.2) is 0 Å². The molecule has 1 saturated heterocycles. The maximum atomic E-state index is 12.9. The molecule has 28 heavy (non-hydrogen) atoms. The van der Waals surface area contributed by atoms with Crippen LogP contribution in [-0.2, 0) is 14.3 Å². The number of fused-ring (bicyclic) bond motifs is 1. The first-order valence-electron chi connectivity index (χ1n) is 10.1. The Morgan fingerprint density at radius 1 is 1.29 bits per heavy atom. The van der Waals surface area contributed by atoms with Crippen LogP contribution in [0, 0.1) is 12.8 Å². The topological polar surface area (TPSA) is 71.1 Å². The lowest BCUT2D eigenvalue weighted by Crippen LogP contribution is -2.51. The van der Waals surface area contributed by atoms with Crippen LogP contribution in [-0.4, -0.2) is 68.8 Å². The molecule has 0 saturated carbocycles. The van der Waals surface area contributed by atoms with Crippen molar-refractivity contribution in [2.75, 3.05) is 50.8 Å². The summed E-state index contributed by atoms with van der Waals surface area (Å²) in [6, 6.07) is 5.73. The molecule has 0 unspecified atom stereocenters. The number of rotatable bonds is 7. The van der Waals surface area contributed by atoms with Crippen LogP contribution in [0.2, 0.25) is 0 Å². The van der Waals surface area contributed by atoms with E-state index in [2.05, 4.69) is 10.2 Å². The minimum atomic E-state index is -0.565. The number of hydrogen-bond donors (Lipinski definition) is 1. The highest BCUT2D eigenvalue weighted by atomic mass is 16.5. The highest BCUT2D eigenvalue weighted by Gasteiger charge is 2.37. The van der Waals surface area contributed by atoms with Crippen LogP contribution in [0.25, 0.3) is 0 Å². The summed E-state index contributed by atoms with van der Waals surface area (Å²) >= 11 is 0. The Morgan fingerprint density at radius 3 is 2.75 bits per heavy atom. The third-order valence-corrected chi connectivity index (χ3v) is 5.15. The summed E-state index contributed by atoms with van der Waals surface area (Å²) in [6.07, 6.45) is 0.317. The zero-order valence-corrected chi connectivity index (χ0v) is 17.1. The summed E-state index contributed by atoms with van der Waals surface area (Å²) in [5, 5.41) is 2.95. The Kier molecular flexibility index (Phi) is 6.91. The molecule has 2 aliphatic heterocycles. The minimum absolute atomic E-state index is 0.0133. The largest absolute Gasteiger partial charge is 0.478 e. The van der Waals surface area contributed by atoms with Crippen molar-refractivity contribution in [1.29, 1.82) is 0 Å². The van der Waals surface area contributed by atoms with Crippen molar-refractivity contribution in [2.45, 2.75) is 33.3 Å². The van der Waals surface area contributed by atoms with Gasteiger partial charge < -0.3 is 14.8 Å². The molecule has 154 valence electrons. The van der Waals surface area contributed by atoms with Crippen molar-refractivity contribution in [3.63, 3.8) is 0 Å². The van der Waals surface area contributed by atoms with Gasteiger partial charge in [0.2, 0.25) is 5.91 Å². The number of anilines is 1. The monoisotopic (exact) mass is 389 g/mol. The Morgan fingerprint density at radius 2 is 2.04 bits per heavy atom. The highest BCUT2D eigenvalue weighted by Crippen LogP contribution is 2.36. The smallest absolute Gasteiger partial charge is 0.268 e. The molecular weight excluding hydrogens is 358 g/mol. The van der Waals surface area contributed by atoms with E-state index in [0.29, 0.717) is 18.0 Å². The number of hydrogen-bond acceptors (Lipinski definition) is 5.